The molecule has 2 N–H and O–H groups in total. The molecule has 0 saturated heterocycles. The Labute approximate surface area is 75.0 Å². The molecule has 1 aromatic rings. The van der Waals surface area contributed by atoms with Crippen molar-refractivity contribution in [1.82, 2.24) is 4.90 Å². The van der Waals surface area contributed by atoms with E-state index in [9.17, 15) is 9.90 Å². The number of phenols is 2. The molecule has 0 bridgehead atoms. The fraction of sp³-hybridized carbons (Fsp3) is 0.222. The van der Waals surface area contributed by atoms with E-state index in [1.165, 1.54) is 11.0 Å². The van der Waals surface area contributed by atoms with Crippen LogP contribution in [-0.4, -0.2) is 28.1 Å². The highest BCUT2D eigenvalue weighted by atomic mass is 16.3. The number of carbonyl (C=O) groups is 1. The highest BCUT2D eigenvalue weighted by Crippen LogP contribution is 2.35. The van der Waals surface area contributed by atoms with E-state index in [1.807, 2.05) is 0 Å². The molecule has 0 unspecified atom stereocenters. The number of benzene rings is 1. The lowest BCUT2D eigenvalue weighted by Crippen LogP contribution is -2.17. The zero-order valence-electron chi connectivity index (χ0n) is 7.11. The maximum absolute atomic E-state index is 11.4. The zero-order chi connectivity index (χ0) is 9.59. The summed E-state index contributed by atoms with van der Waals surface area (Å²) < 4.78 is 0. The second-order valence-electron chi connectivity index (χ2n) is 3.13. The molecule has 1 aliphatic rings. The summed E-state index contributed by atoms with van der Waals surface area (Å²) in [6.07, 6.45) is 0. The van der Waals surface area contributed by atoms with Crippen LogP contribution in [0.15, 0.2) is 12.1 Å². The van der Waals surface area contributed by atoms with Crippen LogP contribution in [0, 0.1) is 0 Å². The van der Waals surface area contributed by atoms with Gasteiger partial charge in [-0.15, -0.1) is 0 Å². The Morgan fingerprint density at radius 2 is 2.08 bits per heavy atom. The normalized spacial score (nSPS) is 14.8. The van der Waals surface area contributed by atoms with Crippen molar-refractivity contribution in [3.8, 4) is 11.5 Å². The van der Waals surface area contributed by atoms with Gasteiger partial charge in [-0.25, -0.2) is 0 Å². The van der Waals surface area contributed by atoms with Gasteiger partial charge in [-0.1, -0.05) is 6.07 Å². The molecule has 68 valence electrons. The van der Waals surface area contributed by atoms with Crippen LogP contribution in [0.5, 0.6) is 11.5 Å². The number of phenolic OH excluding ortho intramolecular Hbond substituents is 2. The second kappa shape index (κ2) is 2.39. The Balaban J connectivity index is 2.66. The first-order valence-electron chi connectivity index (χ1n) is 3.90. The number of hydrogen-bond acceptors (Lipinski definition) is 3. The van der Waals surface area contributed by atoms with Gasteiger partial charge in [0.1, 0.15) is 0 Å². The molecule has 0 radical (unpaired) electrons. The molecule has 0 saturated carbocycles. The predicted molar refractivity (Wildman–Crippen MR) is 45.6 cm³/mol. The van der Waals surface area contributed by atoms with Gasteiger partial charge in [0.25, 0.3) is 5.91 Å². The summed E-state index contributed by atoms with van der Waals surface area (Å²) in [6.45, 7) is 0.488. The summed E-state index contributed by atoms with van der Waals surface area (Å²) in [5, 5.41) is 18.6. The standard InChI is InChI=1S/C9H9NO3/c1-10-4-5-2-3-6(11)8(12)7(5)9(10)13/h2-3,11-12H,4H2,1H3. The Morgan fingerprint density at radius 3 is 2.77 bits per heavy atom. The van der Waals surface area contributed by atoms with Crippen LogP contribution >= 0.6 is 0 Å². The van der Waals surface area contributed by atoms with E-state index in [2.05, 4.69) is 0 Å². The number of carbonyl (C=O) groups excluding carboxylic acids is 1. The number of nitrogens with zero attached hydrogens (tertiary/aromatic N) is 1. The van der Waals surface area contributed by atoms with Crippen LogP contribution in [0.25, 0.3) is 0 Å². The fourth-order valence-electron chi connectivity index (χ4n) is 1.51. The zero-order valence-corrected chi connectivity index (χ0v) is 7.11. The molecule has 1 aromatic carbocycles. The predicted octanol–water partition coefficient (Wildman–Crippen LogP) is 0.683. The van der Waals surface area contributed by atoms with Crippen molar-refractivity contribution in [1.29, 1.82) is 0 Å². The topological polar surface area (TPSA) is 60.8 Å². The summed E-state index contributed by atoms with van der Waals surface area (Å²) in [5.41, 5.74) is 0.977. The molecule has 0 aliphatic carbocycles. The van der Waals surface area contributed by atoms with E-state index in [4.69, 9.17) is 5.11 Å². The van der Waals surface area contributed by atoms with E-state index < -0.39 is 0 Å². The molecule has 1 amide bonds. The van der Waals surface area contributed by atoms with Crippen molar-refractivity contribution in [2.75, 3.05) is 7.05 Å². The quantitative estimate of drug-likeness (QED) is 0.576. The summed E-state index contributed by atoms with van der Waals surface area (Å²) in [6, 6.07) is 3.03. The lowest BCUT2D eigenvalue weighted by molar-refractivity contribution is 0.0814. The smallest absolute Gasteiger partial charge is 0.258 e. The molecule has 0 fully saturated rings. The van der Waals surface area contributed by atoms with Crippen LogP contribution in [0.2, 0.25) is 0 Å². The molecular formula is C9H9NO3. The molecule has 0 spiro atoms. The van der Waals surface area contributed by atoms with E-state index in [0.717, 1.165) is 5.56 Å². The van der Waals surface area contributed by atoms with E-state index in [-0.39, 0.29) is 23.0 Å². The van der Waals surface area contributed by atoms with Crippen molar-refractivity contribution >= 4 is 5.91 Å². The largest absolute Gasteiger partial charge is 0.504 e. The fourth-order valence-corrected chi connectivity index (χ4v) is 1.51. The van der Waals surface area contributed by atoms with E-state index in [0.29, 0.717) is 6.54 Å². The Bertz CT molecular complexity index is 387. The van der Waals surface area contributed by atoms with Crippen LogP contribution in [0.1, 0.15) is 15.9 Å². The maximum atomic E-state index is 11.4. The van der Waals surface area contributed by atoms with Crippen LogP contribution < -0.4 is 0 Å². The molecule has 0 atom stereocenters. The number of rotatable bonds is 0. The summed E-state index contributed by atoms with van der Waals surface area (Å²) in [5.74, 6) is -0.808. The molecule has 13 heavy (non-hydrogen) atoms. The SMILES string of the molecule is CN1Cc2ccc(O)c(O)c2C1=O. The summed E-state index contributed by atoms with van der Waals surface area (Å²) >= 11 is 0. The Morgan fingerprint density at radius 1 is 1.38 bits per heavy atom. The van der Waals surface area contributed by atoms with Crippen molar-refractivity contribution < 1.29 is 15.0 Å². The first-order chi connectivity index (χ1) is 6.11. The minimum Gasteiger partial charge on any atom is -0.504 e. The van der Waals surface area contributed by atoms with Crippen molar-refractivity contribution in [2.45, 2.75) is 6.54 Å². The molecule has 4 nitrogen and oxygen atoms in total. The third-order valence-corrected chi connectivity index (χ3v) is 2.21. The molecule has 4 heteroatoms. The molecule has 1 heterocycles. The average Bonchev–Trinajstić information content (AvgIpc) is 2.37. The molecule has 2 rings (SSSR count). The lowest BCUT2D eigenvalue weighted by atomic mass is 10.1. The Hall–Kier alpha value is -1.71. The van der Waals surface area contributed by atoms with Gasteiger partial charge in [0, 0.05) is 13.6 Å². The minimum atomic E-state index is -0.313. The van der Waals surface area contributed by atoms with Crippen molar-refractivity contribution in [2.24, 2.45) is 0 Å². The summed E-state index contributed by atoms with van der Waals surface area (Å²) in [4.78, 5) is 12.9. The third-order valence-electron chi connectivity index (χ3n) is 2.21. The Kier molecular flexibility index (Phi) is 1.45. The third kappa shape index (κ3) is 0.950. The molecule has 1 aliphatic heterocycles. The van der Waals surface area contributed by atoms with Crippen LogP contribution in [-0.2, 0) is 6.54 Å². The minimum absolute atomic E-state index is 0.225. The number of hydrogen-bond donors (Lipinski definition) is 2. The molecular weight excluding hydrogens is 170 g/mol. The monoisotopic (exact) mass is 179 g/mol. The van der Waals surface area contributed by atoms with Gasteiger partial charge in [0.05, 0.1) is 5.56 Å². The van der Waals surface area contributed by atoms with Gasteiger partial charge < -0.3 is 15.1 Å². The lowest BCUT2D eigenvalue weighted by Gasteiger charge is -2.05. The maximum Gasteiger partial charge on any atom is 0.258 e. The second-order valence-corrected chi connectivity index (χ2v) is 3.13. The molecule has 0 aromatic heterocycles. The number of fused-ring (bicyclic) bond motifs is 1. The van der Waals surface area contributed by atoms with Gasteiger partial charge in [-0.2, -0.15) is 0 Å². The first kappa shape index (κ1) is 7.91. The first-order valence-corrected chi connectivity index (χ1v) is 3.90. The van der Waals surface area contributed by atoms with Gasteiger partial charge in [0.15, 0.2) is 11.5 Å². The van der Waals surface area contributed by atoms with Gasteiger partial charge >= 0.3 is 0 Å². The van der Waals surface area contributed by atoms with Crippen molar-refractivity contribution in [3.63, 3.8) is 0 Å². The van der Waals surface area contributed by atoms with Gasteiger partial charge in [-0.3, -0.25) is 4.79 Å². The number of aromatic hydroxyl groups is 2. The summed E-state index contributed by atoms with van der Waals surface area (Å²) in [7, 11) is 1.65. The van der Waals surface area contributed by atoms with E-state index >= 15 is 0 Å². The van der Waals surface area contributed by atoms with E-state index in [1.54, 1.807) is 13.1 Å². The van der Waals surface area contributed by atoms with Crippen LogP contribution in [0.3, 0.4) is 0 Å². The number of amides is 1. The highest BCUT2D eigenvalue weighted by molar-refractivity contribution is 6.01. The van der Waals surface area contributed by atoms with Crippen LogP contribution in [0.4, 0.5) is 0 Å². The van der Waals surface area contributed by atoms with Gasteiger partial charge in [-0.05, 0) is 11.6 Å². The average molecular weight is 179 g/mol. The highest BCUT2D eigenvalue weighted by Gasteiger charge is 2.28. The van der Waals surface area contributed by atoms with Gasteiger partial charge in [0.2, 0.25) is 0 Å². The van der Waals surface area contributed by atoms with Crippen molar-refractivity contribution in [3.05, 3.63) is 23.3 Å².